The molecule has 3 heteroatoms. The Morgan fingerprint density at radius 1 is 1.16 bits per heavy atom. The minimum Gasteiger partial charge on any atom is -0.384 e. The lowest BCUT2D eigenvalue weighted by atomic mass is 10.1. The predicted octanol–water partition coefficient (Wildman–Crippen LogP) is 3.43. The van der Waals surface area contributed by atoms with Crippen molar-refractivity contribution in [1.29, 1.82) is 0 Å². The molecule has 1 aliphatic rings. The third kappa shape index (κ3) is 2.55. The molecule has 0 unspecified atom stereocenters. The molecule has 2 aromatic rings. The van der Waals surface area contributed by atoms with Crippen molar-refractivity contribution in [1.82, 2.24) is 0 Å². The molecule has 0 aliphatic carbocycles. The molecule has 1 aliphatic heterocycles. The minimum atomic E-state index is -0.195. The zero-order chi connectivity index (χ0) is 13.2. The van der Waals surface area contributed by atoms with Gasteiger partial charge in [0.2, 0.25) is 0 Å². The van der Waals surface area contributed by atoms with Crippen LogP contribution in [0.15, 0.2) is 42.5 Å². The first kappa shape index (κ1) is 12.0. The standard InChI is InChI=1S/C16H17FN2/c1-19(15-6-4-14(17)5-7-15)11-12-2-3-13-8-9-18-16(13)10-12/h2-7,10,18H,8-9,11H2,1H3. The van der Waals surface area contributed by atoms with Gasteiger partial charge in [0, 0.05) is 31.5 Å². The molecule has 0 amide bonds. The average Bonchev–Trinajstić information content (AvgIpc) is 2.87. The van der Waals surface area contributed by atoms with Crippen LogP contribution in [0.3, 0.4) is 0 Å². The van der Waals surface area contributed by atoms with Crippen molar-refractivity contribution in [3.05, 3.63) is 59.4 Å². The number of nitrogens with one attached hydrogen (secondary N) is 1. The molecule has 0 spiro atoms. The second kappa shape index (κ2) is 4.92. The number of rotatable bonds is 3. The first-order chi connectivity index (χ1) is 9.22. The summed E-state index contributed by atoms with van der Waals surface area (Å²) in [7, 11) is 2.02. The molecule has 3 rings (SSSR count). The highest BCUT2D eigenvalue weighted by molar-refractivity contribution is 5.57. The Balaban J connectivity index is 1.75. The highest BCUT2D eigenvalue weighted by Crippen LogP contribution is 2.24. The van der Waals surface area contributed by atoms with E-state index in [1.165, 1.54) is 28.9 Å². The van der Waals surface area contributed by atoms with E-state index < -0.39 is 0 Å². The topological polar surface area (TPSA) is 15.3 Å². The van der Waals surface area contributed by atoms with Gasteiger partial charge in [-0.25, -0.2) is 4.39 Å². The summed E-state index contributed by atoms with van der Waals surface area (Å²) < 4.78 is 12.9. The van der Waals surface area contributed by atoms with Gasteiger partial charge in [-0.15, -0.1) is 0 Å². The molecular formula is C16H17FN2. The number of anilines is 2. The molecule has 0 aromatic heterocycles. The van der Waals surface area contributed by atoms with E-state index in [0.717, 1.165) is 25.2 Å². The molecule has 19 heavy (non-hydrogen) atoms. The lowest BCUT2D eigenvalue weighted by molar-refractivity contribution is 0.627. The van der Waals surface area contributed by atoms with Gasteiger partial charge in [-0.05, 0) is 47.9 Å². The van der Waals surface area contributed by atoms with Gasteiger partial charge in [-0.3, -0.25) is 0 Å². The molecule has 0 saturated heterocycles. The van der Waals surface area contributed by atoms with Crippen LogP contribution in [0.1, 0.15) is 11.1 Å². The Bertz CT molecular complexity index is 578. The molecule has 2 aromatic carbocycles. The number of nitrogens with zero attached hydrogens (tertiary/aromatic N) is 1. The van der Waals surface area contributed by atoms with Crippen molar-refractivity contribution >= 4 is 11.4 Å². The van der Waals surface area contributed by atoms with Gasteiger partial charge in [0.1, 0.15) is 5.82 Å². The summed E-state index contributed by atoms with van der Waals surface area (Å²) >= 11 is 0. The van der Waals surface area contributed by atoms with Crippen molar-refractivity contribution in [2.45, 2.75) is 13.0 Å². The second-order valence-corrected chi connectivity index (χ2v) is 5.00. The average molecular weight is 256 g/mol. The summed E-state index contributed by atoms with van der Waals surface area (Å²) in [6.45, 7) is 1.85. The van der Waals surface area contributed by atoms with E-state index in [4.69, 9.17) is 0 Å². The van der Waals surface area contributed by atoms with Crippen molar-refractivity contribution < 1.29 is 4.39 Å². The Hall–Kier alpha value is -2.03. The lowest BCUT2D eigenvalue weighted by Crippen LogP contribution is -2.16. The Kier molecular flexibility index (Phi) is 3.11. The third-order valence-corrected chi connectivity index (χ3v) is 3.57. The highest BCUT2D eigenvalue weighted by Gasteiger charge is 2.10. The van der Waals surface area contributed by atoms with Gasteiger partial charge in [-0.1, -0.05) is 12.1 Å². The summed E-state index contributed by atoms with van der Waals surface area (Å²) in [6.07, 6.45) is 1.11. The molecule has 1 heterocycles. The zero-order valence-corrected chi connectivity index (χ0v) is 11.0. The fraction of sp³-hybridized carbons (Fsp3) is 0.250. The fourth-order valence-electron chi connectivity index (χ4n) is 2.50. The van der Waals surface area contributed by atoms with Gasteiger partial charge in [-0.2, -0.15) is 0 Å². The van der Waals surface area contributed by atoms with Gasteiger partial charge in [0.15, 0.2) is 0 Å². The van der Waals surface area contributed by atoms with Crippen molar-refractivity contribution in [2.75, 3.05) is 23.8 Å². The summed E-state index contributed by atoms with van der Waals surface area (Å²) in [5.41, 5.74) is 4.94. The SMILES string of the molecule is CN(Cc1ccc2c(c1)NCC2)c1ccc(F)cc1. The first-order valence-corrected chi connectivity index (χ1v) is 6.55. The number of hydrogen-bond donors (Lipinski definition) is 1. The van der Waals surface area contributed by atoms with E-state index in [1.807, 2.05) is 7.05 Å². The maximum Gasteiger partial charge on any atom is 0.123 e. The van der Waals surface area contributed by atoms with E-state index in [1.54, 1.807) is 12.1 Å². The molecule has 0 atom stereocenters. The minimum absolute atomic E-state index is 0.195. The van der Waals surface area contributed by atoms with Crippen molar-refractivity contribution in [3.63, 3.8) is 0 Å². The van der Waals surface area contributed by atoms with E-state index in [-0.39, 0.29) is 5.82 Å². The molecule has 2 nitrogen and oxygen atoms in total. The van der Waals surface area contributed by atoms with Crippen molar-refractivity contribution in [3.8, 4) is 0 Å². The molecular weight excluding hydrogens is 239 g/mol. The van der Waals surface area contributed by atoms with Crippen LogP contribution >= 0.6 is 0 Å². The van der Waals surface area contributed by atoms with Crippen LogP contribution in [-0.2, 0) is 13.0 Å². The summed E-state index contributed by atoms with van der Waals surface area (Å²) in [6, 6.07) is 13.2. The Morgan fingerprint density at radius 3 is 2.74 bits per heavy atom. The number of fused-ring (bicyclic) bond motifs is 1. The van der Waals surface area contributed by atoms with Gasteiger partial charge >= 0.3 is 0 Å². The van der Waals surface area contributed by atoms with Crippen LogP contribution in [0.2, 0.25) is 0 Å². The van der Waals surface area contributed by atoms with Gasteiger partial charge in [0.25, 0.3) is 0 Å². The lowest BCUT2D eigenvalue weighted by Gasteiger charge is -2.19. The summed E-state index contributed by atoms with van der Waals surface area (Å²) in [5.74, 6) is -0.195. The first-order valence-electron chi connectivity index (χ1n) is 6.55. The Morgan fingerprint density at radius 2 is 1.95 bits per heavy atom. The monoisotopic (exact) mass is 256 g/mol. The normalized spacial score (nSPS) is 12.9. The maximum atomic E-state index is 12.9. The highest BCUT2D eigenvalue weighted by atomic mass is 19.1. The fourth-order valence-corrected chi connectivity index (χ4v) is 2.50. The van der Waals surface area contributed by atoms with Crippen LogP contribution in [0.4, 0.5) is 15.8 Å². The molecule has 0 bridgehead atoms. The third-order valence-electron chi connectivity index (χ3n) is 3.57. The summed E-state index contributed by atoms with van der Waals surface area (Å²) in [5, 5.41) is 3.39. The smallest absolute Gasteiger partial charge is 0.123 e. The van der Waals surface area contributed by atoms with Crippen molar-refractivity contribution in [2.24, 2.45) is 0 Å². The molecule has 0 saturated carbocycles. The number of halogens is 1. The zero-order valence-electron chi connectivity index (χ0n) is 11.0. The summed E-state index contributed by atoms with van der Waals surface area (Å²) in [4.78, 5) is 2.12. The quantitative estimate of drug-likeness (QED) is 0.905. The van der Waals surface area contributed by atoms with Crippen LogP contribution in [0, 0.1) is 5.82 Å². The van der Waals surface area contributed by atoms with Crippen LogP contribution in [0.5, 0.6) is 0 Å². The largest absolute Gasteiger partial charge is 0.384 e. The van der Waals surface area contributed by atoms with Gasteiger partial charge < -0.3 is 10.2 Å². The number of benzene rings is 2. The van der Waals surface area contributed by atoms with Gasteiger partial charge in [0.05, 0.1) is 0 Å². The molecule has 0 fully saturated rings. The molecule has 98 valence electrons. The van der Waals surface area contributed by atoms with E-state index in [0.29, 0.717) is 0 Å². The van der Waals surface area contributed by atoms with E-state index in [9.17, 15) is 4.39 Å². The Labute approximate surface area is 112 Å². The van der Waals surface area contributed by atoms with E-state index >= 15 is 0 Å². The van der Waals surface area contributed by atoms with E-state index in [2.05, 4.69) is 28.4 Å². The molecule has 1 N–H and O–H groups in total. The maximum absolute atomic E-state index is 12.9. The second-order valence-electron chi connectivity index (χ2n) is 5.00. The molecule has 0 radical (unpaired) electrons. The van der Waals surface area contributed by atoms with Crippen LogP contribution in [-0.4, -0.2) is 13.6 Å². The predicted molar refractivity (Wildman–Crippen MR) is 77.1 cm³/mol. The van der Waals surface area contributed by atoms with Crippen LogP contribution in [0.25, 0.3) is 0 Å². The number of hydrogen-bond acceptors (Lipinski definition) is 2. The van der Waals surface area contributed by atoms with Crippen LogP contribution < -0.4 is 10.2 Å².